The summed E-state index contributed by atoms with van der Waals surface area (Å²) in [6.07, 6.45) is 4.50. The van der Waals surface area contributed by atoms with Crippen LogP contribution in [0.1, 0.15) is 29.2 Å². The highest BCUT2D eigenvalue weighted by atomic mass is 16.6. The van der Waals surface area contributed by atoms with Crippen molar-refractivity contribution >= 4 is 11.6 Å². The van der Waals surface area contributed by atoms with Gasteiger partial charge in [-0.05, 0) is 25.0 Å². The number of nitrogens with zero attached hydrogens (tertiary/aromatic N) is 3. The zero-order valence-electron chi connectivity index (χ0n) is 10.5. The van der Waals surface area contributed by atoms with Gasteiger partial charge in [-0.3, -0.25) is 19.6 Å². The molecular formula is C12H12N4O4. The average molecular weight is 276 g/mol. The zero-order chi connectivity index (χ0) is 14.1. The number of hydrogen-bond acceptors (Lipinski definition) is 5. The molecule has 20 heavy (non-hydrogen) atoms. The quantitative estimate of drug-likeness (QED) is 0.655. The monoisotopic (exact) mass is 276 g/mol. The summed E-state index contributed by atoms with van der Waals surface area (Å²) in [6, 6.07) is 3.52. The first kappa shape index (κ1) is 12.4. The third-order valence-electron chi connectivity index (χ3n) is 2.95. The van der Waals surface area contributed by atoms with Gasteiger partial charge in [0.2, 0.25) is 0 Å². The van der Waals surface area contributed by atoms with Gasteiger partial charge in [0.25, 0.3) is 5.91 Å². The Balaban J connectivity index is 1.66. The summed E-state index contributed by atoms with van der Waals surface area (Å²) >= 11 is 0. The van der Waals surface area contributed by atoms with E-state index >= 15 is 0 Å². The second kappa shape index (κ2) is 4.80. The van der Waals surface area contributed by atoms with Gasteiger partial charge in [-0.15, -0.1) is 0 Å². The SMILES string of the molecule is O=C(NC1CC1)c1ccc(Cn2cc([N+](=O)[O-])cn2)o1. The fraction of sp³-hybridized carbons (Fsp3) is 0.333. The Kier molecular flexibility index (Phi) is 2.97. The predicted octanol–water partition coefficient (Wildman–Crippen LogP) is 1.32. The molecular weight excluding hydrogens is 264 g/mol. The first-order chi connectivity index (χ1) is 9.61. The van der Waals surface area contributed by atoms with Crippen LogP contribution in [0.25, 0.3) is 0 Å². The molecule has 8 heteroatoms. The van der Waals surface area contributed by atoms with E-state index in [1.54, 1.807) is 12.1 Å². The summed E-state index contributed by atoms with van der Waals surface area (Å²) in [5.41, 5.74) is -0.0803. The highest BCUT2D eigenvalue weighted by Gasteiger charge is 2.25. The van der Waals surface area contributed by atoms with Crippen molar-refractivity contribution in [3.8, 4) is 0 Å². The van der Waals surface area contributed by atoms with Crippen LogP contribution in [0.3, 0.4) is 0 Å². The van der Waals surface area contributed by atoms with E-state index in [0.717, 1.165) is 12.8 Å². The highest BCUT2D eigenvalue weighted by Crippen LogP contribution is 2.20. The van der Waals surface area contributed by atoms with Crippen LogP contribution < -0.4 is 5.32 Å². The maximum absolute atomic E-state index is 11.7. The van der Waals surface area contributed by atoms with Crippen LogP contribution in [-0.2, 0) is 6.54 Å². The van der Waals surface area contributed by atoms with E-state index in [9.17, 15) is 14.9 Å². The number of nitro groups is 1. The van der Waals surface area contributed by atoms with Crippen molar-refractivity contribution in [2.24, 2.45) is 0 Å². The fourth-order valence-corrected chi connectivity index (χ4v) is 1.76. The standard InChI is InChI=1S/C12H12N4O4/c17-12(14-8-1-2-8)11-4-3-10(20-11)7-15-6-9(5-13-15)16(18)19/h3-6,8H,1-2,7H2,(H,14,17). The minimum Gasteiger partial charge on any atom is -0.454 e. The molecule has 8 nitrogen and oxygen atoms in total. The molecule has 2 heterocycles. The Bertz CT molecular complexity index is 656. The Morgan fingerprint density at radius 2 is 2.35 bits per heavy atom. The molecule has 0 bridgehead atoms. The van der Waals surface area contributed by atoms with Crippen LogP contribution in [0.15, 0.2) is 28.9 Å². The number of furan rings is 1. The number of hydrogen-bond donors (Lipinski definition) is 1. The number of nitrogens with one attached hydrogen (secondary N) is 1. The first-order valence-corrected chi connectivity index (χ1v) is 6.18. The van der Waals surface area contributed by atoms with Crippen molar-refractivity contribution in [1.82, 2.24) is 15.1 Å². The molecule has 0 aromatic carbocycles. The van der Waals surface area contributed by atoms with Crippen molar-refractivity contribution in [2.75, 3.05) is 0 Å². The van der Waals surface area contributed by atoms with Crippen molar-refractivity contribution in [1.29, 1.82) is 0 Å². The van der Waals surface area contributed by atoms with Crippen molar-refractivity contribution in [3.63, 3.8) is 0 Å². The van der Waals surface area contributed by atoms with Crippen molar-refractivity contribution < 1.29 is 14.1 Å². The molecule has 2 aromatic heterocycles. The third kappa shape index (κ3) is 2.68. The number of amides is 1. The Morgan fingerprint density at radius 3 is 3.00 bits per heavy atom. The van der Waals surface area contributed by atoms with Crippen LogP contribution in [-0.4, -0.2) is 26.7 Å². The van der Waals surface area contributed by atoms with Gasteiger partial charge in [0, 0.05) is 6.04 Å². The molecule has 0 atom stereocenters. The lowest BCUT2D eigenvalue weighted by Gasteiger charge is -1.99. The Hall–Kier alpha value is -2.64. The van der Waals surface area contributed by atoms with Crippen molar-refractivity contribution in [3.05, 3.63) is 46.2 Å². The van der Waals surface area contributed by atoms with E-state index in [2.05, 4.69) is 10.4 Å². The third-order valence-corrected chi connectivity index (χ3v) is 2.95. The van der Waals surface area contributed by atoms with Gasteiger partial charge in [0.05, 0.1) is 11.5 Å². The van der Waals surface area contributed by atoms with Crippen LogP contribution >= 0.6 is 0 Å². The van der Waals surface area contributed by atoms with E-state index in [1.807, 2.05) is 0 Å². The summed E-state index contributed by atoms with van der Waals surface area (Å²) in [6.45, 7) is 0.241. The normalized spacial score (nSPS) is 14.2. The van der Waals surface area contributed by atoms with E-state index in [1.165, 1.54) is 17.1 Å². The molecule has 0 unspecified atom stereocenters. The molecule has 0 spiro atoms. The zero-order valence-corrected chi connectivity index (χ0v) is 10.5. The summed E-state index contributed by atoms with van der Waals surface area (Å²) in [5.74, 6) is 0.530. The Labute approximate surface area is 113 Å². The van der Waals surface area contributed by atoms with E-state index in [4.69, 9.17) is 4.42 Å². The molecule has 0 saturated heterocycles. The summed E-state index contributed by atoms with van der Waals surface area (Å²) in [4.78, 5) is 21.8. The molecule has 1 N–H and O–H groups in total. The highest BCUT2D eigenvalue weighted by molar-refractivity contribution is 5.91. The lowest BCUT2D eigenvalue weighted by atomic mass is 10.4. The average Bonchev–Trinajstić information content (AvgIpc) is 2.93. The van der Waals surface area contributed by atoms with E-state index in [-0.39, 0.29) is 29.9 Å². The smallest absolute Gasteiger partial charge is 0.307 e. The molecule has 2 aromatic rings. The van der Waals surface area contributed by atoms with Gasteiger partial charge in [-0.25, -0.2) is 0 Å². The number of aromatic nitrogens is 2. The molecule has 1 aliphatic carbocycles. The summed E-state index contributed by atoms with van der Waals surface area (Å²) in [7, 11) is 0. The number of rotatable bonds is 5. The van der Waals surface area contributed by atoms with Gasteiger partial charge in [0.1, 0.15) is 18.2 Å². The van der Waals surface area contributed by atoms with Gasteiger partial charge in [-0.2, -0.15) is 5.10 Å². The molecule has 3 rings (SSSR count). The van der Waals surface area contributed by atoms with E-state index in [0.29, 0.717) is 5.76 Å². The topological polar surface area (TPSA) is 103 Å². The largest absolute Gasteiger partial charge is 0.454 e. The van der Waals surface area contributed by atoms with Crippen LogP contribution in [0, 0.1) is 10.1 Å². The molecule has 0 radical (unpaired) electrons. The molecule has 104 valence electrons. The first-order valence-electron chi connectivity index (χ1n) is 6.18. The molecule has 1 aliphatic rings. The van der Waals surface area contributed by atoms with Gasteiger partial charge >= 0.3 is 5.69 Å². The second-order valence-corrected chi connectivity index (χ2v) is 4.67. The fourth-order valence-electron chi connectivity index (χ4n) is 1.76. The molecule has 1 fully saturated rings. The minimum absolute atomic E-state index is 0.0803. The van der Waals surface area contributed by atoms with Crippen LogP contribution in [0.5, 0.6) is 0 Å². The molecule has 1 saturated carbocycles. The lowest BCUT2D eigenvalue weighted by molar-refractivity contribution is -0.385. The van der Waals surface area contributed by atoms with Crippen LogP contribution in [0.2, 0.25) is 0 Å². The molecule has 1 amide bonds. The minimum atomic E-state index is -0.514. The molecule has 0 aliphatic heterocycles. The summed E-state index contributed by atoms with van der Waals surface area (Å²) < 4.78 is 6.79. The maximum atomic E-state index is 11.7. The predicted molar refractivity (Wildman–Crippen MR) is 67.2 cm³/mol. The van der Waals surface area contributed by atoms with Crippen LogP contribution in [0.4, 0.5) is 5.69 Å². The van der Waals surface area contributed by atoms with Gasteiger partial charge in [-0.1, -0.05) is 0 Å². The lowest BCUT2D eigenvalue weighted by Crippen LogP contribution is -2.24. The summed E-state index contributed by atoms with van der Waals surface area (Å²) in [5, 5.41) is 17.2. The Morgan fingerprint density at radius 1 is 1.55 bits per heavy atom. The van der Waals surface area contributed by atoms with Gasteiger partial charge in [0.15, 0.2) is 5.76 Å². The van der Waals surface area contributed by atoms with Crippen molar-refractivity contribution in [2.45, 2.75) is 25.4 Å². The van der Waals surface area contributed by atoms with E-state index < -0.39 is 4.92 Å². The number of carbonyl (C=O) groups is 1. The number of carbonyl (C=O) groups excluding carboxylic acids is 1. The second-order valence-electron chi connectivity index (χ2n) is 4.67. The maximum Gasteiger partial charge on any atom is 0.307 e. The van der Waals surface area contributed by atoms with Gasteiger partial charge < -0.3 is 9.73 Å².